The third-order valence-corrected chi connectivity index (χ3v) is 2.03. The molecule has 1 rings (SSSR count). The fourth-order valence-corrected chi connectivity index (χ4v) is 1.25. The van der Waals surface area contributed by atoms with Crippen LogP contribution in [0.3, 0.4) is 0 Å². The fourth-order valence-electron chi connectivity index (χ4n) is 1.25. The molecule has 0 aliphatic heterocycles. The van der Waals surface area contributed by atoms with E-state index in [1.807, 2.05) is 0 Å². The minimum Gasteiger partial charge on any atom is -0.481 e. The summed E-state index contributed by atoms with van der Waals surface area (Å²) in [7, 11) is 0. The minimum absolute atomic E-state index is 0. The number of rotatable bonds is 5. The predicted molar refractivity (Wildman–Crippen MR) is 63.7 cm³/mol. The zero-order chi connectivity index (χ0) is 12.8. The summed E-state index contributed by atoms with van der Waals surface area (Å²) in [5.74, 6) is -2.82. The van der Waals surface area contributed by atoms with Crippen molar-refractivity contribution in [3.05, 3.63) is 35.4 Å². The number of nitrogens with one attached hydrogen (secondary N) is 1. The number of aliphatic carboxylic acids is 1. The van der Waals surface area contributed by atoms with Crippen molar-refractivity contribution in [1.29, 1.82) is 0 Å². The molecule has 2 radical (unpaired) electrons. The van der Waals surface area contributed by atoms with E-state index in [2.05, 4.69) is 5.32 Å². The Morgan fingerprint density at radius 1 is 1.06 bits per heavy atom. The Morgan fingerprint density at radius 2 is 1.61 bits per heavy atom. The molecular weight excluding hydrogens is 266 g/mol. The zero-order valence-electron chi connectivity index (χ0n) is 9.55. The topological polar surface area (TPSA) is 104 Å². The van der Waals surface area contributed by atoms with Gasteiger partial charge < -0.3 is 15.5 Å². The summed E-state index contributed by atoms with van der Waals surface area (Å²) >= 11 is 0. The third-order valence-electron chi connectivity index (χ3n) is 2.03. The number of aromatic carboxylic acids is 1. The Balaban J connectivity index is 0.00000289. The second-order valence-electron chi connectivity index (χ2n) is 3.25. The molecule has 1 aromatic rings. The van der Waals surface area contributed by atoms with Gasteiger partial charge in [0, 0.05) is 44.3 Å². The first-order valence-corrected chi connectivity index (χ1v) is 4.84. The van der Waals surface area contributed by atoms with Gasteiger partial charge in [-0.25, -0.2) is 4.79 Å². The first-order valence-electron chi connectivity index (χ1n) is 4.84. The van der Waals surface area contributed by atoms with E-state index in [1.165, 1.54) is 18.2 Å². The van der Waals surface area contributed by atoms with Gasteiger partial charge in [0.15, 0.2) is 0 Å². The number of hydrogen-bond donors (Lipinski definition) is 3. The van der Waals surface area contributed by atoms with Crippen molar-refractivity contribution in [2.24, 2.45) is 0 Å². The van der Waals surface area contributed by atoms with E-state index in [9.17, 15) is 14.4 Å². The van der Waals surface area contributed by atoms with Gasteiger partial charge >= 0.3 is 11.9 Å². The van der Waals surface area contributed by atoms with Crippen molar-refractivity contribution < 1.29 is 24.6 Å². The van der Waals surface area contributed by atoms with Crippen molar-refractivity contribution >= 4 is 55.6 Å². The van der Waals surface area contributed by atoms with Gasteiger partial charge in [-0.05, 0) is 12.1 Å². The van der Waals surface area contributed by atoms with E-state index >= 15 is 0 Å². The molecule has 18 heavy (non-hydrogen) atoms. The van der Waals surface area contributed by atoms with Crippen LogP contribution >= 0.6 is 0 Å². The summed E-state index contributed by atoms with van der Waals surface area (Å²) in [6, 6.07) is 5.74. The summed E-state index contributed by atoms with van der Waals surface area (Å²) in [6.45, 7) is -0.0396. The van der Waals surface area contributed by atoms with Gasteiger partial charge in [0.1, 0.15) is 0 Å². The van der Waals surface area contributed by atoms with Crippen molar-refractivity contribution in [3.8, 4) is 0 Å². The molecule has 0 heterocycles. The van der Waals surface area contributed by atoms with Crippen molar-refractivity contribution in [2.75, 3.05) is 6.54 Å². The van der Waals surface area contributed by atoms with Crippen LogP contribution in [0.15, 0.2) is 24.3 Å². The molecule has 0 saturated heterocycles. The smallest absolute Gasteiger partial charge is 0.336 e. The SMILES string of the molecule is O=C(O)CCNC(=O)c1ccccc1C(=O)O.[Ca]. The fraction of sp³-hybridized carbons (Fsp3) is 0.182. The van der Waals surface area contributed by atoms with Gasteiger partial charge in [0.25, 0.3) is 5.91 Å². The second-order valence-corrected chi connectivity index (χ2v) is 3.25. The Kier molecular flexibility index (Phi) is 7.57. The molecule has 7 heteroatoms. The number of carboxylic acids is 2. The normalized spacial score (nSPS) is 9.11. The number of amides is 1. The van der Waals surface area contributed by atoms with E-state index in [-0.39, 0.29) is 61.8 Å². The molecule has 0 aliphatic carbocycles. The van der Waals surface area contributed by atoms with E-state index in [1.54, 1.807) is 6.07 Å². The molecule has 1 amide bonds. The van der Waals surface area contributed by atoms with Crippen LogP contribution < -0.4 is 5.32 Å². The standard InChI is InChI=1S/C11H11NO5.Ca/c13-9(14)5-6-12-10(15)7-3-1-2-4-8(7)11(16)17;/h1-4H,5-6H2,(H,12,15)(H,13,14)(H,16,17);. The average molecular weight is 277 g/mol. The molecule has 1 aromatic carbocycles. The van der Waals surface area contributed by atoms with Crippen LogP contribution in [0.2, 0.25) is 0 Å². The van der Waals surface area contributed by atoms with Crippen LogP contribution in [0.1, 0.15) is 27.1 Å². The molecule has 0 aliphatic rings. The van der Waals surface area contributed by atoms with Crippen LogP contribution in [0.25, 0.3) is 0 Å². The summed E-state index contributed by atoms with van der Waals surface area (Å²) < 4.78 is 0. The van der Waals surface area contributed by atoms with Crippen molar-refractivity contribution in [1.82, 2.24) is 5.32 Å². The quantitative estimate of drug-likeness (QED) is 0.667. The summed E-state index contributed by atoms with van der Waals surface area (Å²) in [5.41, 5.74) is -0.0919. The maximum absolute atomic E-state index is 11.6. The molecule has 0 saturated carbocycles. The van der Waals surface area contributed by atoms with Gasteiger partial charge in [-0.15, -0.1) is 0 Å². The maximum Gasteiger partial charge on any atom is 0.336 e. The van der Waals surface area contributed by atoms with E-state index in [4.69, 9.17) is 10.2 Å². The van der Waals surface area contributed by atoms with Gasteiger partial charge in [0.05, 0.1) is 17.5 Å². The Labute approximate surface area is 133 Å². The molecule has 0 atom stereocenters. The van der Waals surface area contributed by atoms with Crippen LogP contribution in [0, 0.1) is 0 Å². The number of carboxylic acid groups (broad SMARTS) is 2. The van der Waals surface area contributed by atoms with E-state index in [0.717, 1.165) is 0 Å². The predicted octanol–water partition coefficient (Wildman–Crippen LogP) is 0.209. The maximum atomic E-state index is 11.6. The molecule has 3 N–H and O–H groups in total. The van der Waals surface area contributed by atoms with Crippen LogP contribution in [0.5, 0.6) is 0 Å². The third kappa shape index (κ3) is 5.03. The van der Waals surface area contributed by atoms with Gasteiger partial charge in [-0.1, -0.05) is 12.1 Å². The number of carbonyl (C=O) groups excluding carboxylic acids is 1. The molecule has 92 valence electrons. The Morgan fingerprint density at radius 3 is 2.11 bits per heavy atom. The molecule has 0 unspecified atom stereocenters. The van der Waals surface area contributed by atoms with Crippen LogP contribution in [0.4, 0.5) is 0 Å². The number of hydrogen-bond acceptors (Lipinski definition) is 3. The van der Waals surface area contributed by atoms with Crippen LogP contribution in [-0.4, -0.2) is 72.3 Å². The van der Waals surface area contributed by atoms with Crippen molar-refractivity contribution in [3.63, 3.8) is 0 Å². The van der Waals surface area contributed by atoms with Gasteiger partial charge in [-0.3, -0.25) is 9.59 Å². The molecular formula is C11H11CaNO5. The van der Waals surface area contributed by atoms with Gasteiger partial charge in [0.2, 0.25) is 0 Å². The minimum atomic E-state index is -1.20. The molecule has 0 aromatic heterocycles. The monoisotopic (exact) mass is 277 g/mol. The van der Waals surface area contributed by atoms with E-state index < -0.39 is 17.8 Å². The molecule has 6 nitrogen and oxygen atoms in total. The average Bonchev–Trinajstić information content (AvgIpc) is 2.28. The molecule has 0 fully saturated rings. The molecule has 0 bridgehead atoms. The first kappa shape index (κ1) is 16.9. The summed E-state index contributed by atoms with van der Waals surface area (Å²) in [5, 5.41) is 19.6. The summed E-state index contributed by atoms with van der Waals surface area (Å²) in [6.07, 6.45) is -0.207. The first-order chi connectivity index (χ1) is 8.02. The van der Waals surface area contributed by atoms with E-state index in [0.29, 0.717) is 0 Å². The van der Waals surface area contributed by atoms with Crippen LogP contribution in [-0.2, 0) is 4.79 Å². The largest absolute Gasteiger partial charge is 0.481 e. The summed E-state index contributed by atoms with van der Waals surface area (Å²) in [4.78, 5) is 32.7. The molecule has 0 spiro atoms. The Hall–Kier alpha value is -1.11. The van der Waals surface area contributed by atoms with Crippen molar-refractivity contribution in [2.45, 2.75) is 6.42 Å². The van der Waals surface area contributed by atoms with Gasteiger partial charge in [-0.2, -0.15) is 0 Å². The second kappa shape index (κ2) is 8.07. The number of carbonyl (C=O) groups is 3. The Bertz CT molecular complexity index is 461. The zero-order valence-corrected chi connectivity index (χ0v) is 11.8. The number of benzene rings is 1.